The zero-order chi connectivity index (χ0) is 12.7. The number of hydrogen-bond acceptors (Lipinski definition) is 3. The molecule has 0 spiro atoms. The van der Waals surface area contributed by atoms with Crippen molar-refractivity contribution in [3.8, 4) is 0 Å². The molecule has 1 saturated carbocycles. The van der Waals surface area contributed by atoms with Gasteiger partial charge < -0.3 is 5.32 Å². The highest BCUT2D eigenvalue weighted by atomic mass is 32.2. The van der Waals surface area contributed by atoms with E-state index in [-0.39, 0.29) is 0 Å². The van der Waals surface area contributed by atoms with Gasteiger partial charge in [0.25, 0.3) is 0 Å². The van der Waals surface area contributed by atoms with Gasteiger partial charge in [-0.15, -0.1) is 0 Å². The number of sulfonamides is 1. The topological polar surface area (TPSA) is 58.2 Å². The molecule has 2 N–H and O–H groups in total. The summed E-state index contributed by atoms with van der Waals surface area (Å²) >= 11 is 0. The van der Waals surface area contributed by atoms with E-state index in [0.717, 1.165) is 18.9 Å². The Morgan fingerprint density at radius 3 is 2.53 bits per heavy atom. The van der Waals surface area contributed by atoms with Crippen LogP contribution in [0.25, 0.3) is 0 Å². The molecule has 2 atom stereocenters. The molecular formula is C12H26N2O2S. The van der Waals surface area contributed by atoms with Gasteiger partial charge in [0, 0.05) is 12.6 Å². The summed E-state index contributed by atoms with van der Waals surface area (Å²) in [6.45, 7) is 3.70. The van der Waals surface area contributed by atoms with Crippen molar-refractivity contribution in [2.24, 2.45) is 5.92 Å². The first-order valence-corrected chi connectivity index (χ1v) is 8.60. The SMILES string of the molecule is CCC1CCCCC1NCCCNS(C)(=O)=O. The summed E-state index contributed by atoms with van der Waals surface area (Å²) in [7, 11) is -3.02. The minimum absolute atomic E-state index is 0.537. The van der Waals surface area contributed by atoms with Gasteiger partial charge in [0.1, 0.15) is 0 Å². The summed E-state index contributed by atoms with van der Waals surface area (Å²) < 4.78 is 24.2. The van der Waals surface area contributed by atoms with E-state index in [2.05, 4.69) is 17.0 Å². The molecule has 2 unspecified atom stereocenters. The lowest BCUT2D eigenvalue weighted by Gasteiger charge is -2.31. The molecule has 0 saturated heterocycles. The van der Waals surface area contributed by atoms with Gasteiger partial charge in [0.15, 0.2) is 0 Å². The Balaban J connectivity index is 2.12. The van der Waals surface area contributed by atoms with E-state index in [4.69, 9.17) is 0 Å². The van der Waals surface area contributed by atoms with Crippen molar-refractivity contribution in [1.29, 1.82) is 0 Å². The van der Waals surface area contributed by atoms with E-state index in [1.807, 2.05) is 0 Å². The first kappa shape index (κ1) is 14.9. The number of hydrogen-bond donors (Lipinski definition) is 2. The summed E-state index contributed by atoms with van der Waals surface area (Å²) in [6.07, 6.45) is 8.63. The molecule has 0 radical (unpaired) electrons. The molecule has 17 heavy (non-hydrogen) atoms. The third-order valence-electron chi connectivity index (χ3n) is 3.56. The van der Waals surface area contributed by atoms with Crippen LogP contribution in [0.15, 0.2) is 0 Å². The van der Waals surface area contributed by atoms with E-state index in [1.165, 1.54) is 38.4 Å². The molecule has 0 aromatic rings. The van der Waals surface area contributed by atoms with E-state index in [0.29, 0.717) is 12.6 Å². The minimum atomic E-state index is -3.02. The Kier molecular flexibility index (Phi) is 6.44. The molecule has 102 valence electrons. The monoisotopic (exact) mass is 262 g/mol. The smallest absolute Gasteiger partial charge is 0.208 e. The maximum absolute atomic E-state index is 10.9. The molecule has 0 aliphatic heterocycles. The van der Waals surface area contributed by atoms with Crippen LogP contribution < -0.4 is 10.0 Å². The molecule has 1 aliphatic carbocycles. The molecule has 1 aliphatic rings. The van der Waals surface area contributed by atoms with Gasteiger partial charge in [0.05, 0.1) is 6.26 Å². The maximum Gasteiger partial charge on any atom is 0.208 e. The lowest BCUT2D eigenvalue weighted by Crippen LogP contribution is -2.39. The molecule has 1 rings (SSSR count). The zero-order valence-corrected chi connectivity index (χ0v) is 11.9. The van der Waals surface area contributed by atoms with Crippen LogP contribution in [-0.4, -0.2) is 33.8 Å². The van der Waals surface area contributed by atoms with E-state index in [9.17, 15) is 8.42 Å². The second kappa shape index (κ2) is 7.34. The third-order valence-corrected chi connectivity index (χ3v) is 4.29. The average Bonchev–Trinajstić information content (AvgIpc) is 2.27. The van der Waals surface area contributed by atoms with Gasteiger partial charge in [0.2, 0.25) is 10.0 Å². The molecule has 0 amide bonds. The molecule has 0 aromatic heterocycles. The van der Waals surface area contributed by atoms with Crippen LogP contribution in [0.3, 0.4) is 0 Å². The fraction of sp³-hybridized carbons (Fsp3) is 1.00. The number of nitrogens with one attached hydrogen (secondary N) is 2. The van der Waals surface area contributed by atoms with Crippen molar-refractivity contribution in [3.63, 3.8) is 0 Å². The second-order valence-corrected chi connectivity index (χ2v) is 6.87. The summed E-state index contributed by atoms with van der Waals surface area (Å²) in [5, 5.41) is 3.57. The van der Waals surface area contributed by atoms with Crippen molar-refractivity contribution < 1.29 is 8.42 Å². The van der Waals surface area contributed by atoms with Gasteiger partial charge in [-0.25, -0.2) is 13.1 Å². The van der Waals surface area contributed by atoms with Gasteiger partial charge >= 0.3 is 0 Å². The average molecular weight is 262 g/mol. The first-order valence-electron chi connectivity index (χ1n) is 6.71. The number of rotatable bonds is 7. The van der Waals surface area contributed by atoms with Gasteiger partial charge in [-0.3, -0.25) is 0 Å². The van der Waals surface area contributed by atoms with Gasteiger partial charge in [-0.05, 0) is 31.7 Å². The summed E-state index contributed by atoms with van der Waals surface area (Å²) in [4.78, 5) is 0. The van der Waals surface area contributed by atoms with Crippen molar-refractivity contribution >= 4 is 10.0 Å². The van der Waals surface area contributed by atoms with Gasteiger partial charge in [-0.1, -0.05) is 26.2 Å². The fourth-order valence-corrected chi connectivity index (χ4v) is 3.11. The van der Waals surface area contributed by atoms with Crippen LogP contribution in [0, 0.1) is 5.92 Å². The van der Waals surface area contributed by atoms with Crippen LogP contribution in [0.2, 0.25) is 0 Å². The van der Waals surface area contributed by atoms with Crippen LogP contribution >= 0.6 is 0 Å². The van der Waals surface area contributed by atoms with Crippen LogP contribution in [0.5, 0.6) is 0 Å². The summed E-state index contributed by atoms with van der Waals surface area (Å²) in [5.41, 5.74) is 0. The van der Waals surface area contributed by atoms with Crippen LogP contribution in [0.1, 0.15) is 45.4 Å². The molecule has 1 fully saturated rings. The minimum Gasteiger partial charge on any atom is -0.314 e. The standard InChI is InChI=1S/C12H26N2O2S/c1-3-11-7-4-5-8-12(11)13-9-6-10-14-17(2,15)16/h11-14H,3-10H2,1-2H3. The van der Waals surface area contributed by atoms with Crippen LogP contribution in [-0.2, 0) is 10.0 Å². The molecule has 0 heterocycles. The maximum atomic E-state index is 10.9. The van der Waals surface area contributed by atoms with Crippen molar-refractivity contribution in [3.05, 3.63) is 0 Å². The Labute approximate surface area is 106 Å². The Hall–Kier alpha value is -0.130. The Bertz CT molecular complexity index is 304. The zero-order valence-electron chi connectivity index (χ0n) is 11.0. The molecular weight excluding hydrogens is 236 g/mol. The Morgan fingerprint density at radius 1 is 1.18 bits per heavy atom. The second-order valence-electron chi connectivity index (χ2n) is 5.03. The van der Waals surface area contributed by atoms with E-state index in [1.54, 1.807) is 0 Å². The molecule has 5 heteroatoms. The van der Waals surface area contributed by atoms with Crippen LogP contribution in [0.4, 0.5) is 0 Å². The van der Waals surface area contributed by atoms with Crippen molar-refractivity contribution in [2.45, 2.75) is 51.5 Å². The fourth-order valence-electron chi connectivity index (χ4n) is 2.60. The lowest BCUT2D eigenvalue weighted by atomic mass is 9.83. The van der Waals surface area contributed by atoms with Gasteiger partial charge in [-0.2, -0.15) is 0 Å². The molecule has 0 aromatic carbocycles. The molecule has 0 bridgehead atoms. The lowest BCUT2D eigenvalue weighted by molar-refractivity contribution is 0.256. The largest absolute Gasteiger partial charge is 0.314 e. The first-order chi connectivity index (χ1) is 8.03. The molecule has 4 nitrogen and oxygen atoms in total. The van der Waals surface area contributed by atoms with E-state index < -0.39 is 10.0 Å². The van der Waals surface area contributed by atoms with Crippen molar-refractivity contribution in [1.82, 2.24) is 10.0 Å². The highest BCUT2D eigenvalue weighted by Gasteiger charge is 2.22. The predicted molar refractivity (Wildman–Crippen MR) is 71.5 cm³/mol. The Morgan fingerprint density at radius 2 is 1.88 bits per heavy atom. The highest BCUT2D eigenvalue weighted by molar-refractivity contribution is 7.88. The summed E-state index contributed by atoms with van der Waals surface area (Å²) in [5.74, 6) is 0.812. The van der Waals surface area contributed by atoms with Crippen molar-refractivity contribution in [2.75, 3.05) is 19.3 Å². The highest BCUT2D eigenvalue weighted by Crippen LogP contribution is 2.26. The van der Waals surface area contributed by atoms with E-state index >= 15 is 0 Å². The normalized spacial score (nSPS) is 26.0. The third kappa shape index (κ3) is 6.38. The quantitative estimate of drug-likeness (QED) is 0.683. The predicted octanol–water partition coefficient (Wildman–Crippen LogP) is 1.48. The summed E-state index contributed by atoms with van der Waals surface area (Å²) in [6, 6.07) is 0.645.